The van der Waals surface area contributed by atoms with Gasteiger partial charge < -0.3 is 10.5 Å². The van der Waals surface area contributed by atoms with Gasteiger partial charge in [0.05, 0.1) is 0 Å². The van der Waals surface area contributed by atoms with Crippen LogP contribution in [0.5, 0.6) is 5.75 Å². The van der Waals surface area contributed by atoms with Gasteiger partial charge in [-0.15, -0.1) is 0 Å². The fourth-order valence-electron chi connectivity index (χ4n) is 1.73. The maximum absolute atomic E-state index is 5.91. The molecule has 0 radical (unpaired) electrons. The molecule has 0 fully saturated rings. The second-order valence-electron chi connectivity index (χ2n) is 5.50. The monoisotopic (exact) mass is 267 g/mol. The molecule has 2 heteroatoms. The third-order valence-corrected chi connectivity index (χ3v) is 2.83. The Hall–Kier alpha value is -2.06. The molecule has 0 amide bonds. The summed E-state index contributed by atoms with van der Waals surface area (Å²) in [6.45, 7) is 4.54. The van der Waals surface area contributed by atoms with Crippen LogP contribution >= 0.6 is 0 Å². The van der Waals surface area contributed by atoms with Crippen LogP contribution in [-0.4, -0.2) is 5.54 Å². The van der Waals surface area contributed by atoms with Gasteiger partial charge in [-0.1, -0.05) is 54.6 Å². The lowest BCUT2D eigenvalue weighted by Crippen LogP contribution is -2.28. The smallest absolute Gasteiger partial charge is 0.119 e. The van der Waals surface area contributed by atoms with Crippen molar-refractivity contribution in [3.63, 3.8) is 0 Å². The van der Waals surface area contributed by atoms with Crippen molar-refractivity contribution >= 4 is 6.08 Å². The Morgan fingerprint density at radius 1 is 1.00 bits per heavy atom. The minimum Gasteiger partial charge on any atom is -0.489 e. The van der Waals surface area contributed by atoms with Gasteiger partial charge in [0.1, 0.15) is 12.4 Å². The first-order valence-corrected chi connectivity index (χ1v) is 6.78. The average Bonchev–Trinajstić information content (AvgIpc) is 2.44. The van der Waals surface area contributed by atoms with Crippen LogP contribution in [-0.2, 0) is 6.61 Å². The van der Waals surface area contributed by atoms with Crippen LogP contribution in [0, 0.1) is 0 Å². The highest BCUT2D eigenvalue weighted by Gasteiger charge is 2.03. The Morgan fingerprint density at radius 3 is 2.25 bits per heavy atom. The van der Waals surface area contributed by atoms with E-state index in [0.29, 0.717) is 6.61 Å². The van der Waals surface area contributed by atoms with E-state index in [2.05, 4.69) is 12.1 Å². The zero-order valence-corrected chi connectivity index (χ0v) is 12.0. The van der Waals surface area contributed by atoms with E-state index < -0.39 is 0 Å². The van der Waals surface area contributed by atoms with Gasteiger partial charge in [0, 0.05) is 5.54 Å². The molecule has 0 atom stereocenters. The van der Waals surface area contributed by atoms with E-state index in [1.54, 1.807) is 0 Å². The van der Waals surface area contributed by atoms with E-state index >= 15 is 0 Å². The summed E-state index contributed by atoms with van der Waals surface area (Å²) in [5.41, 5.74) is 7.91. The van der Waals surface area contributed by atoms with E-state index in [1.807, 2.05) is 68.5 Å². The number of hydrogen-bond acceptors (Lipinski definition) is 2. The van der Waals surface area contributed by atoms with Gasteiger partial charge in [-0.05, 0) is 37.1 Å². The Labute approximate surface area is 120 Å². The number of benzene rings is 2. The second kappa shape index (κ2) is 6.40. The molecule has 0 aromatic heterocycles. The van der Waals surface area contributed by atoms with Crippen molar-refractivity contribution in [2.24, 2.45) is 5.73 Å². The van der Waals surface area contributed by atoms with Crippen molar-refractivity contribution in [2.45, 2.75) is 26.0 Å². The lowest BCUT2D eigenvalue weighted by molar-refractivity contribution is 0.306. The van der Waals surface area contributed by atoms with E-state index in [4.69, 9.17) is 10.5 Å². The molecule has 2 N–H and O–H groups in total. The van der Waals surface area contributed by atoms with Gasteiger partial charge in [0.15, 0.2) is 0 Å². The summed E-state index contributed by atoms with van der Waals surface area (Å²) in [6.07, 6.45) is 4.02. The van der Waals surface area contributed by atoms with E-state index in [-0.39, 0.29) is 5.54 Å². The maximum atomic E-state index is 5.91. The molecule has 0 aliphatic rings. The summed E-state index contributed by atoms with van der Waals surface area (Å²) < 4.78 is 5.74. The third kappa shape index (κ3) is 4.90. The molecule has 0 aliphatic carbocycles. The predicted octanol–water partition coefficient (Wildman–Crippen LogP) is 4.02. The van der Waals surface area contributed by atoms with Crippen LogP contribution < -0.4 is 10.5 Å². The standard InChI is InChI=1S/C18H21NO/c1-18(2,19)13-12-15-8-10-17(11-9-15)20-14-16-6-4-3-5-7-16/h3-13H,14,19H2,1-2H3. The number of hydrogen-bond donors (Lipinski definition) is 1. The highest BCUT2D eigenvalue weighted by atomic mass is 16.5. The summed E-state index contributed by atoms with van der Waals surface area (Å²) in [6, 6.07) is 18.2. The molecule has 2 aromatic carbocycles. The summed E-state index contributed by atoms with van der Waals surface area (Å²) in [4.78, 5) is 0. The molecule has 20 heavy (non-hydrogen) atoms. The fourth-order valence-corrected chi connectivity index (χ4v) is 1.73. The Kier molecular flexibility index (Phi) is 4.59. The van der Waals surface area contributed by atoms with E-state index in [0.717, 1.165) is 11.3 Å². The summed E-state index contributed by atoms with van der Waals surface area (Å²) in [7, 11) is 0. The first-order valence-electron chi connectivity index (χ1n) is 6.78. The normalized spacial score (nSPS) is 11.8. The lowest BCUT2D eigenvalue weighted by Gasteiger charge is -2.11. The van der Waals surface area contributed by atoms with Crippen molar-refractivity contribution in [3.05, 3.63) is 71.8 Å². The topological polar surface area (TPSA) is 35.2 Å². The highest BCUT2D eigenvalue weighted by molar-refractivity contribution is 5.51. The van der Waals surface area contributed by atoms with Crippen molar-refractivity contribution in [1.82, 2.24) is 0 Å². The maximum Gasteiger partial charge on any atom is 0.119 e. The van der Waals surface area contributed by atoms with Gasteiger partial charge in [-0.2, -0.15) is 0 Å². The van der Waals surface area contributed by atoms with Crippen molar-refractivity contribution in [2.75, 3.05) is 0 Å². The molecule has 0 spiro atoms. The van der Waals surface area contributed by atoms with Gasteiger partial charge in [0.2, 0.25) is 0 Å². The van der Waals surface area contributed by atoms with Crippen LogP contribution in [0.1, 0.15) is 25.0 Å². The predicted molar refractivity (Wildman–Crippen MR) is 84.5 cm³/mol. The molecule has 0 heterocycles. The summed E-state index contributed by atoms with van der Waals surface area (Å²) in [5.74, 6) is 0.873. The quantitative estimate of drug-likeness (QED) is 0.888. The van der Waals surface area contributed by atoms with Crippen LogP contribution in [0.25, 0.3) is 6.08 Å². The lowest BCUT2D eigenvalue weighted by atomic mass is 10.1. The van der Waals surface area contributed by atoms with Gasteiger partial charge in [-0.25, -0.2) is 0 Å². The van der Waals surface area contributed by atoms with Crippen LogP contribution in [0.4, 0.5) is 0 Å². The molecular weight excluding hydrogens is 246 g/mol. The highest BCUT2D eigenvalue weighted by Crippen LogP contribution is 2.15. The first-order chi connectivity index (χ1) is 9.53. The van der Waals surface area contributed by atoms with Gasteiger partial charge >= 0.3 is 0 Å². The SMILES string of the molecule is CC(C)(N)C=Cc1ccc(OCc2ccccc2)cc1. The summed E-state index contributed by atoms with van der Waals surface area (Å²) >= 11 is 0. The Balaban J connectivity index is 1.93. The van der Waals surface area contributed by atoms with Gasteiger partial charge in [0.25, 0.3) is 0 Å². The second-order valence-corrected chi connectivity index (χ2v) is 5.50. The largest absolute Gasteiger partial charge is 0.489 e. The molecule has 2 aromatic rings. The molecule has 2 rings (SSSR count). The first kappa shape index (κ1) is 14.4. The van der Waals surface area contributed by atoms with Crippen LogP contribution in [0.15, 0.2) is 60.7 Å². The summed E-state index contributed by atoms with van der Waals surface area (Å²) in [5, 5.41) is 0. The molecule has 0 saturated heterocycles. The van der Waals surface area contributed by atoms with E-state index in [1.165, 1.54) is 5.56 Å². The molecule has 0 bridgehead atoms. The number of rotatable bonds is 5. The number of nitrogens with two attached hydrogens (primary N) is 1. The van der Waals surface area contributed by atoms with E-state index in [9.17, 15) is 0 Å². The minimum atomic E-state index is -0.289. The third-order valence-electron chi connectivity index (χ3n) is 2.83. The van der Waals surface area contributed by atoms with Gasteiger partial charge in [-0.3, -0.25) is 0 Å². The number of ether oxygens (including phenoxy) is 1. The Bertz CT molecular complexity index is 550. The van der Waals surface area contributed by atoms with Crippen LogP contribution in [0.3, 0.4) is 0 Å². The molecule has 0 aliphatic heterocycles. The fraction of sp³-hybridized carbons (Fsp3) is 0.222. The molecular formula is C18H21NO. The van der Waals surface area contributed by atoms with Crippen LogP contribution in [0.2, 0.25) is 0 Å². The van der Waals surface area contributed by atoms with Crippen molar-refractivity contribution in [3.8, 4) is 5.75 Å². The minimum absolute atomic E-state index is 0.289. The van der Waals surface area contributed by atoms with Crippen molar-refractivity contribution in [1.29, 1.82) is 0 Å². The zero-order chi connectivity index (χ0) is 14.4. The molecule has 0 saturated carbocycles. The zero-order valence-electron chi connectivity index (χ0n) is 12.0. The molecule has 2 nitrogen and oxygen atoms in total. The molecule has 0 unspecified atom stereocenters. The average molecular weight is 267 g/mol. The van der Waals surface area contributed by atoms with Crippen molar-refractivity contribution < 1.29 is 4.74 Å². The molecule has 104 valence electrons. The Morgan fingerprint density at radius 2 is 1.65 bits per heavy atom.